The zero-order valence-electron chi connectivity index (χ0n) is 10.8. The van der Waals surface area contributed by atoms with E-state index in [9.17, 15) is 0 Å². The highest BCUT2D eigenvalue weighted by atomic mass is 16.2. The number of nitrogens with one attached hydrogen (secondary N) is 1. The van der Waals surface area contributed by atoms with Gasteiger partial charge in [-0.3, -0.25) is 0 Å². The van der Waals surface area contributed by atoms with Crippen molar-refractivity contribution >= 4 is 5.69 Å². The zero-order valence-corrected chi connectivity index (χ0v) is 10.8. The van der Waals surface area contributed by atoms with Gasteiger partial charge in [0, 0.05) is 30.7 Å². The van der Waals surface area contributed by atoms with Gasteiger partial charge in [0.2, 0.25) is 0 Å². The SMILES string of the molecule is CCn1cccc1CNc1ccc(CCO)cc1. The lowest BCUT2D eigenvalue weighted by atomic mass is 10.1. The van der Waals surface area contributed by atoms with Gasteiger partial charge in [0.15, 0.2) is 0 Å². The van der Waals surface area contributed by atoms with E-state index in [1.807, 2.05) is 0 Å². The maximum Gasteiger partial charge on any atom is 0.0553 e. The minimum absolute atomic E-state index is 0.205. The van der Waals surface area contributed by atoms with E-state index in [1.165, 1.54) is 11.3 Å². The lowest BCUT2D eigenvalue weighted by molar-refractivity contribution is 0.299. The summed E-state index contributed by atoms with van der Waals surface area (Å²) >= 11 is 0. The van der Waals surface area contributed by atoms with Crippen molar-refractivity contribution in [1.29, 1.82) is 0 Å². The Kier molecular flexibility index (Phi) is 4.42. The summed E-state index contributed by atoms with van der Waals surface area (Å²) in [6, 6.07) is 12.4. The third-order valence-corrected chi connectivity index (χ3v) is 3.09. The molecular formula is C15H20N2O. The van der Waals surface area contributed by atoms with E-state index >= 15 is 0 Å². The number of anilines is 1. The molecule has 0 atom stereocenters. The van der Waals surface area contributed by atoms with E-state index in [0.717, 1.165) is 25.2 Å². The Balaban J connectivity index is 1.94. The van der Waals surface area contributed by atoms with Gasteiger partial charge in [-0.2, -0.15) is 0 Å². The largest absolute Gasteiger partial charge is 0.396 e. The second-order valence-corrected chi connectivity index (χ2v) is 4.31. The van der Waals surface area contributed by atoms with Gasteiger partial charge in [-0.05, 0) is 43.2 Å². The fraction of sp³-hybridized carbons (Fsp3) is 0.333. The van der Waals surface area contributed by atoms with Crippen LogP contribution in [0.4, 0.5) is 5.69 Å². The number of aliphatic hydroxyl groups is 1. The number of aliphatic hydroxyl groups excluding tert-OH is 1. The molecule has 0 amide bonds. The van der Waals surface area contributed by atoms with Gasteiger partial charge in [0.05, 0.1) is 6.54 Å². The van der Waals surface area contributed by atoms with E-state index in [1.54, 1.807) is 0 Å². The summed E-state index contributed by atoms with van der Waals surface area (Å²) in [5, 5.41) is 12.3. The molecule has 0 spiro atoms. The molecule has 0 bridgehead atoms. The van der Waals surface area contributed by atoms with Gasteiger partial charge in [-0.1, -0.05) is 12.1 Å². The molecule has 2 aromatic rings. The molecule has 0 aliphatic carbocycles. The van der Waals surface area contributed by atoms with E-state index in [-0.39, 0.29) is 6.61 Å². The number of aromatic nitrogens is 1. The zero-order chi connectivity index (χ0) is 12.8. The van der Waals surface area contributed by atoms with Crippen molar-refractivity contribution in [3.8, 4) is 0 Å². The van der Waals surface area contributed by atoms with E-state index in [4.69, 9.17) is 5.11 Å². The van der Waals surface area contributed by atoms with Crippen LogP contribution >= 0.6 is 0 Å². The fourth-order valence-corrected chi connectivity index (χ4v) is 2.03. The highest BCUT2D eigenvalue weighted by molar-refractivity contribution is 5.44. The predicted octanol–water partition coefficient (Wildman–Crippen LogP) is 2.65. The van der Waals surface area contributed by atoms with Crippen molar-refractivity contribution in [2.24, 2.45) is 0 Å². The quantitative estimate of drug-likeness (QED) is 0.819. The Morgan fingerprint density at radius 1 is 1.17 bits per heavy atom. The van der Waals surface area contributed by atoms with Crippen LogP contribution in [-0.4, -0.2) is 16.3 Å². The Morgan fingerprint density at radius 2 is 1.94 bits per heavy atom. The van der Waals surface area contributed by atoms with Gasteiger partial charge < -0.3 is 15.0 Å². The van der Waals surface area contributed by atoms with Gasteiger partial charge in [-0.25, -0.2) is 0 Å². The van der Waals surface area contributed by atoms with Crippen molar-refractivity contribution in [2.75, 3.05) is 11.9 Å². The first kappa shape index (κ1) is 12.7. The topological polar surface area (TPSA) is 37.2 Å². The molecular weight excluding hydrogens is 224 g/mol. The summed E-state index contributed by atoms with van der Waals surface area (Å²) in [6.45, 7) is 4.18. The Morgan fingerprint density at radius 3 is 2.61 bits per heavy atom. The van der Waals surface area contributed by atoms with Crippen LogP contribution in [0.2, 0.25) is 0 Å². The third-order valence-electron chi connectivity index (χ3n) is 3.09. The van der Waals surface area contributed by atoms with Crippen molar-refractivity contribution < 1.29 is 5.11 Å². The highest BCUT2D eigenvalue weighted by Crippen LogP contribution is 2.12. The Bertz CT molecular complexity index is 473. The first-order valence-electron chi connectivity index (χ1n) is 6.41. The summed E-state index contributed by atoms with van der Waals surface area (Å²) in [5.41, 5.74) is 3.57. The molecule has 2 N–H and O–H groups in total. The summed E-state index contributed by atoms with van der Waals surface area (Å²) in [5.74, 6) is 0. The molecule has 0 saturated heterocycles. The van der Waals surface area contributed by atoms with E-state index in [2.05, 4.69) is 59.4 Å². The van der Waals surface area contributed by atoms with Crippen molar-refractivity contribution in [1.82, 2.24) is 4.57 Å². The van der Waals surface area contributed by atoms with Gasteiger partial charge in [0.25, 0.3) is 0 Å². The summed E-state index contributed by atoms with van der Waals surface area (Å²) in [6.07, 6.45) is 2.82. The first-order chi connectivity index (χ1) is 8.83. The molecule has 0 saturated carbocycles. The number of hydrogen-bond donors (Lipinski definition) is 2. The molecule has 96 valence electrons. The smallest absolute Gasteiger partial charge is 0.0553 e. The summed E-state index contributed by atoms with van der Waals surface area (Å²) in [4.78, 5) is 0. The average Bonchev–Trinajstić information content (AvgIpc) is 2.86. The maximum atomic E-state index is 8.86. The average molecular weight is 244 g/mol. The molecule has 0 fully saturated rings. The number of nitrogens with zero attached hydrogens (tertiary/aromatic N) is 1. The van der Waals surface area contributed by atoms with Crippen LogP contribution in [0.5, 0.6) is 0 Å². The number of hydrogen-bond acceptors (Lipinski definition) is 2. The van der Waals surface area contributed by atoms with Crippen molar-refractivity contribution in [2.45, 2.75) is 26.4 Å². The number of benzene rings is 1. The van der Waals surface area contributed by atoms with Gasteiger partial charge in [0.1, 0.15) is 0 Å². The maximum absolute atomic E-state index is 8.86. The second kappa shape index (κ2) is 6.26. The number of aryl methyl sites for hydroxylation is 1. The first-order valence-corrected chi connectivity index (χ1v) is 6.41. The van der Waals surface area contributed by atoms with Crippen LogP contribution in [0, 0.1) is 0 Å². The Hall–Kier alpha value is -1.74. The molecule has 3 nitrogen and oxygen atoms in total. The fourth-order valence-electron chi connectivity index (χ4n) is 2.03. The summed E-state index contributed by atoms with van der Waals surface area (Å²) < 4.78 is 2.23. The van der Waals surface area contributed by atoms with Crippen molar-refractivity contribution in [3.05, 3.63) is 53.9 Å². The van der Waals surface area contributed by atoms with E-state index < -0.39 is 0 Å². The molecule has 1 aromatic heterocycles. The molecule has 2 rings (SSSR count). The van der Waals surface area contributed by atoms with Crippen LogP contribution < -0.4 is 5.32 Å². The predicted molar refractivity (Wildman–Crippen MR) is 74.7 cm³/mol. The van der Waals surface area contributed by atoms with Crippen LogP contribution in [0.15, 0.2) is 42.6 Å². The summed E-state index contributed by atoms with van der Waals surface area (Å²) in [7, 11) is 0. The van der Waals surface area contributed by atoms with Crippen LogP contribution in [0.25, 0.3) is 0 Å². The molecule has 0 aliphatic rings. The second-order valence-electron chi connectivity index (χ2n) is 4.31. The lowest BCUT2D eigenvalue weighted by Crippen LogP contribution is -2.05. The minimum atomic E-state index is 0.205. The van der Waals surface area contributed by atoms with Gasteiger partial charge in [-0.15, -0.1) is 0 Å². The standard InChI is InChI=1S/C15H20N2O/c1-2-17-10-3-4-15(17)12-16-14-7-5-13(6-8-14)9-11-18/h3-8,10,16,18H,2,9,11-12H2,1H3. The van der Waals surface area contributed by atoms with Crippen LogP contribution in [0.1, 0.15) is 18.2 Å². The Labute approximate surface area is 108 Å². The van der Waals surface area contributed by atoms with Crippen molar-refractivity contribution in [3.63, 3.8) is 0 Å². The molecule has 18 heavy (non-hydrogen) atoms. The van der Waals surface area contributed by atoms with Crippen LogP contribution in [0.3, 0.4) is 0 Å². The van der Waals surface area contributed by atoms with Crippen LogP contribution in [-0.2, 0) is 19.5 Å². The molecule has 1 aromatic carbocycles. The molecule has 1 heterocycles. The lowest BCUT2D eigenvalue weighted by Gasteiger charge is -2.09. The van der Waals surface area contributed by atoms with Gasteiger partial charge >= 0.3 is 0 Å². The molecule has 0 unspecified atom stereocenters. The molecule has 0 radical (unpaired) electrons. The number of rotatable bonds is 6. The third kappa shape index (κ3) is 3.14. The highest BCUT2D eigenvalue weighted by Gasteiger charge is 1.99. The monoisotopic (exact) mass is 244 g/mol. The molecule has 3 heteroatoms. The molecule has 0 aliphatic heterocycles. The normalized spacial score (nSPS) is 10.6. The minimum Gasteiger partial charge on any atom is -0.396 e. The van der Waals surface area contributed by atoms with E-state index in [0.29, 0.717) is 0 Å².